The normalized spacial score (nSPS) is 10.1. The molecule has 1 aromatic rings. The fourth-order valence-electron chi connectivity index (χ4n) is 1.38. The number of halogens is 1. The topological polar surface area (TPSA) is 94.6 Å². The number of rotatable bonds is 6. The van der Waals surface area contributed by atoms with Gasteiger partial charge < -0.3 is 14.8 Å². The first-order valence-corrected chi connectivity index (χ1v) is 7.04. The number of nitrogens with one attached hydrogen (secondary N) is 1. The fourth-order valence-corrected chi connectivity index (χ4v) is 1.61. The molecule has 1 N–H and O–H groups in total. The molecule has 8 heteroatoms. The van der Waals surface area contributed by atoms with Crippen molar-refractivity contribution < 1.29 is 23.9 Å². The molecular formula is C13H15BrN2O5. The highest BCUT2D eigenvalue weighted by atomic mass is 79.9. The second-order valence-electron chi connectivity index (χ2n) is 3.77. The van der Waals surface area contributed by atoms with Gasteiger partial charge in [0.15, 0.2) is 0 Å². The van der Waals surface area contributed by atoms with Crippen LogP contribution in [0.3, 0.4) is 0 Å². The second kappa shape index (κ2) is 8.35. The second-order valence-corrected chi connectivity index (χ2v) is 4.69. The lowest BCUT2D eigenvalue weighted by Crippen LogP contribution is -2.48. The van der Waals surface area contributed by atoms with Gasteiger partial charge in [-0.2, -0.15) is 0 Å². The van der Waals surface area contributed by atoms with Gasteiger partial charge in [0, 0.05) is 10.7 Å². The zero-order valence-electron chi connectivity index (χ0n) is 11.6. The summed E-state index contributed by atoms with van der Waals surface area (Å²) in [5, 5.41) is 2.26. The Morgan fingerprint density at radius 3 is 2.19 bits per heavy atom. The van der Waals surface area contributed by atoms with Gasteiger partial charge in [0.1, 0.15) is 5.69 Å². The summed E-state index contributed by atoms with van der Waals surface area (Å²) in [7, 11) is 0. The van der Waals surface area contributed by atoms with Gasteiger partial charge in [-0.05, 0) is 41.9 Å². The summed E-state index contributed by atoms with van der Waals surface area (Å²) in [6.45, 7) is 3.36. The summed E-state index contributed by atoms with van der Waals surface area (Å²) in [6, 6.07) is 1.56. The molecule has 1 heterocycles. The van der Waals surface area contributed by atoms with Crippen LogP contribution in [0.1, 0.15) is 24.3 Å². The Bertz CT molecular complexity index is 500. The van der Waals surface area contributed by atoms with Crippen LogP contribution in [0.15, 0.2) is 22.8 Å². The molecule has 1 amide bonds. The molecule has 0 saturated carbocycles. The molecule has 21 heavy (non-hydrogen) atoms. The van der Waals surface area contributed by atoms with Crippen LogP contribution in [0, 0.1) is 0 Å². The number of hydrogen-bond donors (Lipinski definition) is 1. The number of pyridine rings is 1. The molecular weight excluding hydrogens is 344 g/mol. The Morgan fingerprint density at radius 2 is 1.76 bits per heavy atom. The first kappa shape index (κ1) is 17.1. The van der Waals surface area contributed by atoms with E-state index in [4.69, 9.17) is 9.47 Å². The highest BCUT2D eigenvalue weighted by Gasteiger charge is 2.31. The standard InChI is InChI=1S/C13H15BrN2O5/c1-3-20-12(18)10(13(19)21-4-2)16-11(17)9-6-5-8(14)7-15-9/h5-7,10H,3-4H2,1-2H3,(H,16,17). The first-order valence-electron chi connectivity index (χ1n) is 6.25. The molecule has 0 aliphatic heterocycles. The van der Waals surface area contributed by atoms with E-state index in [1.807, 2.05) is 0 Å². The van der Waals surface area contributed by atoms with Crippen molar-refractivity contribution in [1.82, 2.24) is 10.3 Å². The van der Waals surface area contributed by atoms with Crippen LogP contribution in [0.25, 0.3) is 0 Å². The number of nitrogens with zero attached hydrogens (tertiary/aromatic N) is 1. The lowest BCUT2D eigenvalue weighted by Gasteiger charge is -2.15. The van der Waals surface area contributed by atoms with Crippen LogP contribution in [0.4, 0.5) is 0 Å². The summed E-state index contributed by atoms with van der Waals surface area (Å²) in [6.07, 6.45) is 1.43. The van der Waals surface area contributed by atoms with E-state index in [1.54, 1.807) is 19.9 Å². The third-order valence-corrected chi connectivity index (χ3v) is 2.75. The molecule has 0 aliphatic rings. The van der Waals surface area contributed by atoms with Crippen LogP contribution >= 0.6 is 15.9 Å². The van der Waals surface area contributed by atoms with Gasteiger partial charge >= 0.3 is 11.9 Å². The molecule has 0 fully saturated rings. The van der Waals surface area contributed by atoms with E-state index in [1.165, 1.54) is 12.3 Å². The first-order chi connectivity index (χ1) is 9.99. The van der Waals surface area contributed by atoms with Crippen molar-refractivity contribution in [3.05, 3.63) is 28.5 Å². The summed E-state index contributed by atoms with van der Waals surface area (Å²) < 4.78 is 10.2. The average molecular weight is 359 g/mol. The van der Waals surface area contributed by atoms with Crippen LogP contribution in [0.5, 0.6) is 0 Å². The van der Waals surface area contributed by atoms with Crippen molar-refractivity contribution in [3.63, 3.8) is 0 Å². The third-order valence-electron chi connectivity index (χ3n) is 2.28. The van der Waals surface area contributed by atoms with Gasteiger partial charge in [0.25, 0.3) is 5.91 Å². The quantitative estimate of drug-likeness (QED) is 0.603. The van der Waals surface area contributed by atoms with Gasteiger partial charge in [-0.3, -0.25) is 4.79 Å². The maximum atomic E-state index is 12.0. The molecule has 0 aromatic carbocycles. The minimum absolute atomic E-state index is 0.0665. The Kier molecular flexibility index (Phi) is 6.80. The van der Waals surface area contributed by atoms with E-state index in [2.05, 4.69) is 26.2 Å². The van der Waals surface area contributed by atoms with E-state index < -0.39 is 23.9 Å². The molecule has 0 unspecified atom stereocenters. The number of ether oxygens (including phenoxy) is 2. The third kappa shape index (κ3) is 5.14. The van der Waals surface area contributed by atoms with Gasteiger partial charge in [-0.15, -0.1) is 0 Å². The predicted molar refractivity (Wildman–Crippen MR) is 76.5 cm³/mol. The SMILES string of the molecule is CCOC(=O)C(NC(=O)c1ccc(Br)cn1)C(=O)OCC. The minimum atomic E-state index is -1.51. The molecule has 0 bridgehead atoms. The zero-order chi connectivity index (χ0) is 15.8. The van der Waals surface area contributed by atoms with E-state index in [0.717, 1.165) is 0 Å². The molecule has 0 aliphatic carbocycles. The Labute approximate surface area is 130 Å². The largest absolute Gasteiger partial charge is 0.464 e. The van der Waals surface area contributed by atoms with E-state index >= 15 is 0 Å². The van der Waals surface area contributed by atoms with Crippen LogP contribution in [0.2, 0.25) is 0 Å². The smallest absolute Gasteiger partial charge is 0.340 e. The van der Waals surface area contributed by atoms with Gasteiger partial charge in [-0.1, -0.05) is 0 Å². The van der Waals surface area contributed by atoms with Crippen molar-refractivity contribution in [2.45, 2.75) is 19.9 Å². The Hall–Kier alpha value is -1.96. The number of hydrogen-bond acceptors (Lipinski definition) is 6. The lowest BCUT2D eigenvalue weighted by atomic mass is 10.2. The van der Waals surface area contributed by atoms with Crippen molar-refractivity contribution in [3.8, 4) is 0 Å². The van der Waals surface area contributed by atoms with E-state index in [0.29, 0.717) is 4.47 Å². The highest BCUT2D eigenvalue weighted by molar-refractivity contribution is 9.10. The number of carbonyl (C=O) groups excluding carboxylic acids is 3. The molecule has 0 atom stereocenters. The molecule has 0 saturated heterocycles. The number of amides is 1. The molecule has 114 valence electrons. The highest BCUT2D eigenvalue weighted by Crippen LogP contribution is 2.07. The van der Waals surface area contributed by atoms with Crippen LogP contribution in [-0.4, -0.2) is 42.1 Å². The van der Waals surface area contributed by atoms with E-state index in [9.17, 15) is 14.4 Å². The molecule has 1 rings (SSSR count). The van der Waals surface area contributed by atoms with Gasteiger partial charge in [0.2, 0.25) is 6.04 Å². The van der Waals surface area contributed by atoms with Crippen molar-refractivity contribution in [1.29, 1.82) is 0 Å². The number of esters is 2. The van der Waals surface area contributed by atoms with Gasteiger partial charge in [-0.25, -0.2) is 14.6 Å². The fraction of sp³-hybridized carbons (Fsp3) is 0.385. The van der Waals surface area contributed by atoms with Crippen molar-refractivity contribution >= 4 is 33.8 Å². The van der Waals surface area contributed by atoms with Gasteiger partial charge in [0.05, 0.1) is 13.2 Å². The zero-order valence-corrected chi connectivity index (χ0v) is 13.2. The maximum Gasteiger partial charge on any atom is 0.340 e. The Morgan fingerprint density at radius 1 is 1.19 bits per heavy atom. The minimum Gasteiger partial charge on any atom is -0.464 e. The summed E-state index contributed by atoms with van der Waals surface area (Å²) in [5.41, 5.74) is 0.0665. The molecule has 0 spiro atoms. The summed E-state index contributed by atoms with van der Waals surface area (Å²) in [5.74, 6) is -2.42. The summed E-state index contributed by atoms with van der Waals surface area (Å²) in [4.78, 5) is 39.3. The molecule has 0 radical (unpaired) electrons. The molecule has 7 nitrogen and oxygen atoms in total. The van der Waals surface area contributed by atoms with Crippen LogP contribution < -0.4 is 5.32 Å². The number of aromatic nitrogens is 1. The van der Waals surface area contributed by atoms with Crippen molar-refractivity contribution in [2.24, 2.45) is 0 Å². The lowest BCUT2D eigenvalue weighted by molar-refractivity contribution is -0.157. The monoisotopic (exact) mass is 358 g/mol. The van der Waals surface area contributed by atoms with Crippen molar-refractivity contribution in [2.75, 3.05) is 13.2 Å². The Balaban J connectivity index is 2.84. The van der Waals surface area contributed by atoms with Crippen LogP contribution in [-0.2, 0) is 19.1 Å². The molecule has 1 aromatic heterocycles. The average Bonchev–Trinajstić information content (AvgIpc) is 2.45. The predicted octanol–water partition coefficient (Wildman–Crippen LogP) is 1.07. The maximum absolute atomic E-state index is 12.0. The summed E-state index contributed by atoms with van der Waals surface area (Å²) >= 11 is 3.19. The van der Waals surface area contributed by atoms with E-state index in [-0.39, 0.29) is 18.9 Å². The number of carbonyl (C=O) groups is 3.